The summed E-state index contributed by atoms with van der Waals surface area (Å²) in [6, 6.07) is 36.5. The second-order valence-electron chi connectivity index (χ2n) is 14.9. The van der Waals surface area contributed by atoms with E-state index in [0.717, 1.165) is 0 Å². The third-order valence-corrected chi connectivity index (χ3v) is 28.4. The van der Waals surface area contributed by atoms with Crippen molar-refractivity contribution in [3.05, 3.63) is 142 Å². The van der Waals surface area contributed by atoms with Crippen LogP contribution in [-0.4, -0.2) is 6.88 Å². The largest absolute Gasteiger partial charge is 0.147 e. The van der Waals surface area contributed by atoms with Gasteiger partial charge in [0, 0.05) is 0 Å². The van der Waals surface area contributed by atoms with Crippen molar-refractivity contribution in [3.63, 3.8) is 0 Å². The first kappa shape index (κ1) is 34.8. The average Bonchev–Trinajstić information content (AvgIpc) is 3.58. The van der Waals surface area contributed by atoms with Crippen LogP contribution in [0.2, 0.25) is 9.26 Å². The van der Waals surface area contributed by atoms with E-state index in [2.05, 4.69) is 160 Å². The molecule has 0 spiro atoms. The van der Waals surface area contributed by atoms with Gasteiger partial charge in [0.25, 0.3) is 0 Å². The van der Waals surface area contributed by atoms with E-state index < -0.39 is 17.4 Å². The molecule has 236 valence electrons. The smallest absolute Gasteiger partial charge is 0.147 e. The van der Waals surface area contributed by atoms with E-state index in [-0.39, 0.29) is 24.8 Å². The van der Waals surface area contributed by atoms with E-state index in [1.54, 1.807) is 22.3 Å². The predicted octanol–water partition coefficient (Wildman–Crippen LogP) is 12.2. The Labute approximate surface area is 290 Å². The van der Waals surface area contributed by atoms with Crippen LogP contribution in [0.25, 0.3) is 45.2 Å². The molecule has 0 N–H and O–H groups in total. The van der Waals surface area contributed by atoms with Crippen LogP contribution in [0.3, 0.4) is 0 Å². The van der Waals surface area contributed by atoms with Gasteiger partial charge in [-0.1, -0.05) is 0 Å². The summed E-state index contributed by atoms with van der Waals surface area (Å²) < 4.78 is 6.56. The Morgan fingerprint density at radius 2 is 1.20 bits per heavy atom. The van der Waals surface area contributed by atoms with Gasteiger partial charge in [-0.05, 0) is 0 Å². The molecule has 0 amide bonds. The van der Waals surface area contributed by atoms with Crippen LogP contribution < -0.4 is 0 Å². The Morgan fingerprint density at radius 1 is 0.587 bits per heavy atom. The standard InChI is InChI=1S/C21H17.C19H19.2CH3.2ClH.H2Si.Zr/c1-14-12-20-15(2)10-11-19(21(20)13-14)18-9-5-7-16-6-3-4-8-17(16)18;1-13(2)16-11-15-8-6-10-18(19(15)12-16)17-9-5-4-7-14(17)3;;;;;;/h3-13H,1-2H3;4-13H,1-3H3;2*1H3;2*1H;1H2;. The quantitative estimate of drug-likeness (QED) is 0.157. The van der Waals surface area contributed by atoms with Crippen LogP contribution in [0.15, 0.2) is 108 Å². The van der Waals surface area contributed by atoms with E-state index in [4.69, 9.17) is 0 Å². The normalized spacial score (nSPS) is 17.2. The molecule has 4 heteroatoms. The topological polar surface area (TPSA) is 0 Å². The van der Waals surface area contributed by atoms with Gasteiger partial charge in [0.15, 0.2) is 0 Å². The molecule has 46 heavy (non-hydrogen) atoms. The molecule has 0 aliphatic heterocycles. The molecule has 5 aromatic rings. The molecule has 0 saturated carbocycles. The predicted molar refractivity (Wildman–Crippen MR) is 207 cm³/mol. The van der Waals surface area contributed by atoms with Crippen molar-refractivity contribution in [2.45, 2.75) is 51.1 Å². The summed E-state index contributed by atoms with van der Waals surface area (Å²) in [7, 11) is 0. The van der Waals surface area contributed by atoms with Crippen molar-refractivity contribution in [2.24, 2.45) is 5.92 Å². The first-order valence-electron chi connectivity index (χ1n) is 16.2. The van der Waals surface area contributed by atoms with Gasteiger partial charge >= 0.3 is 268 Å². The number of rotatable bonds is 5. The summed E-state index contributed by atoms with van der Waals surface area (Å²) in [6.45, 7) is 14.3. The fourth-order valence-corrected chi connectivity index (χ4v) is 29.6. The zero-order valence-electron chi connectivity index (χ0n) is 28.1. The Bertz CT molecular complexity index is 2120. The monoisotopic (exact) mass is 738 g/mol. The number of benzene rings is 5. The van der Waals surface area contributed by atoms with Gasteiger partial charge in [0.05, 0.1) is 0 Å². The fraction of sp³-hybridized carbons (Fsp3) is 0.238. The zero-order valence-corrected chi connectivity index (χ0v) is 33.7. The van der Waals surface area contributed by atoms with Gasteiger partial charge in [0.2, 0.25) is 0 Å². The van der Waals surface area contributed by atoms with E-state index in [1.165, 1.54) is 55.3 Å². The number of aryl methyl sites for hydroxylation is 2. The summed E-state index contributed by atoms with van der Waals surface area (Å²) >= 11 is -3.71. The van der Waals surface area contributed by atoms with Crippen molar-refractivity contribution in [3.8, 4) is 22.3 Å². The number of halogens is 2. The Hall–Kier alpha value is -2.48. The van der Waals surface area contributed by atoms with Gasteiger partial charge in [-0.3, -0.25) is 0 Å². The molecular formula is C42H46Cl2SiZr. The molecule has 7 rings (SSSR count). The fourth-order valence-electron chi connectivity index (χ4n) is 9.00. The van der Waals surface area contributed by atoms with Gasteiger partial charge < -0.3 is 0 Å². The minimum Gasteiger partial charge on any atom is -0.147 e. The number of hydrogen-bond acceptors (Lipinski definition) is 0. The number of fused-ring (bicyclic) bond motifs is 3. The molecule has 0 saturated heterocycles. The maximum absolute atomic E-state index is 3.71. The number of allylic oxidation sites excluding steroid dienone is 2. The van der Waals surface area contributed by atoms with Gasteiger partial charge in [0.1, 0.15) is 0 Å². The summed E-state index contributed by atoms with van der Waals surface area (Å²) in [5, 5.41) is 2.64. The van der Waals surface area contributed by atoms with Crippen LogP contribution in [0.5, 0.6) is 0 Å². The second kappa shape index (κ2) is 12.5. The minimum absolute atomic E-state index is 0. The first-order valence-corrected chi connectivity index (χ1v) is 29.9. The molecule has 2 aliphatic rings. The van der Waals surface area contributed by atoms with Crippen molar-refractivity contribution in [2.75, 3.05) is 0 Å². The van der Waals surface area contributed by atoms with Crippen LogP contribution in [0.1, 0.15) is 61.4 Å². The molecule has 0 fully saturated rings. The summed E-state index contributed by atoms with van der Waals surface area (Å²) in [5.41, 5.74) is 17.6. The molecule has 0 nitrogen and oxygen atoms in total. The van der Waals surface area contributed by atoms with Crippen molar-refractivity contribution in [1.29, 1.82) is 0 Å². The molecule has 2 unspecified atom stereocenters. The third kappa shape index (κ3) is 5.38. The molecule has 2 aliphatic carbocycles. The van der Waals surface area contributed by atoms with Crippen molar-refractivity contribution < 1.29 is 17.4 Å². The van der Waals surface area contributed by atoms with E-state index in [0.29, 0.717) is 13.2 Å². The molecule has 0 bridgehead atoms. The molecular weight excluding hydrogens is 695 g/mol. The molecule has 5 aromatic carbocycles. The average molecular weight is 741 g/mol. The zero-order chi connectivity index (χ0) is 31.0. The van der Waals surface area contributed by atoms with Gasteiger partial charge in [-0.2, -0.15) is 0 Å². The van der Waals surface area contributed by atoms with Crippen molar-refractivity contribution in [1.82, 2.24) is 0 Å². The summed E-state index contributed by atoms with van der Waals surface area (Å²) in [6.07, 6.45) is 5.17. The SMILES string of the molecule is CC1=Cc2c(-c3cccc4ccccc34)ccc(C)c2[CH]1[Zr]([CH3])([CH3])(=[SiH2])[CH]1C(C(C)C)=Cc2c(-c3ccccc3C)cccc21.Cl.Cl. The van der Waals surface area contributed by atoms with Gasteiger partial charge in [-0.25, -0.2) is 0 Å². The van der Waals surface area contributed by atoms with Gasteiger partial charge in [-0.15, -0.1) is 24.8 Å². The van der Waals surface area contributed by atoms with Crippen molar-refractivity contribution >= 4 is 54.6 Å². The first-order chi connectivity index (χ1) is 21.0. The third-order valence-electron chi connectivity index (χ3n) is 10.8. The minimum atomic E-state index is -3.71. The molecule has 0 radical (unpaired) electrons. The van der Waals surface area contributed by atoms with Crippen LogP contribution in [0, 0.1) is 19.8 Å². The van der Waals surface area contributed by atoms with E-state index in [1.807, 2.05) is 0 Å². The Balaban J connectivity index is 0.00000208. The second-order valence-corrected chi connectivity index (χ2v) is 45.4. The van der Waals surface area contributed by atoms with E-state index in [9.17, 15) is 0 Å². The molecule has 0 heterocycles. The summed E-state index contributed by atoms with van der Waals surface area (Å²) in [4.78, 5) is 0. The summed E-state index contributed by atoms with van der Waals surface area (Å²) in [5.74, 6) is 0.503. The number of hydrogen-bond donors (Lipinski definition) is 0. The molecule has 2 atom stereocenters. The van der Waals surface area contributed by atoms with Crippen LogP contribution in [-0.2, 0) is 17.4 Å². The van der Waals surface area contributed by atoms with E-state index >= 15 is 0 Å². The van der Waals surface area contributed by atoms with Crippen LogP contribution in [0.4, 0.5) is 0 Å². The van der Waals surface area contributed by atoms with Crippen LogP contribution >= 0.6 is 24.8 Å². The Kier molecular flexibility index (Phi) is 9.48. The Morgan fingerprint density at radius 3 is 1.93 bits per heavy atom. The maximum Gasteiger partial charge on any atom is -0.147 e. The maximum atomic E-state index is 2.78. The molecule has 0 aromatic heterocycles.